The fraction of sp³-hybridized carbons (Fsp3) is 0.792. The SMILES string of the molecule is CCCCCCCCCC(=O)N[C@@H](CSCC(=O)OC)C(=O)NCC(=O)N[C@H](C(=O)OC)C(C)C. The van der Waals surface area contributed by atoms with E-state index in [1.807, 2.05) is 0 Å². The summed E-state index contributed by atoms with van der Waals surface area (Å²) in [6.45, 7) is 5.31. The van der Waals surface area contributed by atoms with Gasteiger partial charge in [-0.2, -0.15) is 0 Å². The number of amides is 3. The number of hydrogen-bond acceptors (Lipinski definition) is 8. The van der Waals surface area contributed by atoms with Crippen LogP contribution in [-0.2, 0) is 33.4 Å². The van der Waals surface area contributed by atoms with Crippen molar-refractivity contribution >= 4 is 41.4 Å². The zero-order valence-corrected chi connectivity index (χ0v) is 22.6. The summed E-state index contributed by atoms with van der Waals surface area (Å²) in [5, 5.41) is 7.73. The van der Waals surface area contributed by atoms with E-state index in [9.17, 15) is 24.0 Å². The van der Waals surface area contributed by atoms with E-state index in [0.29, 0.717) is 6.42 Å². The molecule has 0 spiro atoms. The molecule has 0 aliphatic heterocycles. The summed E-state index contributed by atoms with van der Waals surface area (Å²) in [7, 11) is 2.51. The third-order valence-electron chi connectivity index (χ3n) is 5.25. The third-order valence-corrected chi connectivity index (χ3v) is 6.26. The first-order chi connectivity index (χ1) is 16.7. The molecule has 0 aromatic heterocycles. The van der Waals surface area contributed by atoms with E-state index in [4.69, 9.17) is 4.74 Å². The lowest BCUT2D eigenvalue weighted by atomic mass is 10.0. The van der Waals surface area contributed by atoms with Crippen molar-refractivity contribution in [3.8, 4) is 0 Å². The number of carbonyl (C=O) groups excluding carboxylic acids is 5. The highest BCUT2D eigenvalue weighted by atomic mass is 32.2. The summed E-state index contributed by atoms with van der Waals surface area (Å²) in [5.74, 6) is -2.41. The Hall–Kier alpha value is -2.30. The van der Waals surface area contributed by atoms with Crippen LogP contribution in [0.3, 0.4) is 0 Å². The molecule has 11 heteroatoms. The van der Waals surface area contributed by atoms with Crippen LogP contribution in [-0.4, -0.2) is 74.0 Å². The van der Waals surface area contributed by atoms with Gasteiger partial charge in [0.15, 0.2) is 0 Å². The minimum absolute atomic E-state index is 0.0313. The smallest absolute Gasteiger partial charge is 0.328 e. The first-order valence-corrected chi connectivity index (χ1v) is 13.4. The molecule has 202 valence electrons. The molecule has 0 aromatic rings. The number of ether oxygens (including phenoxy) is 2. The molecule has 0 heterocycles. The van der Waals surface area contributed by atoms with E-state index in [2.05, 4.69) is 27.6 Å². The van der Waals surface area contributed by atoms with Gasteiger partial charge in [-0.3, -0.25) is 19.2 Å². The Morgan fingerprint density at radius 2 is 1.46 bits per heavy atom. The fourth-order valence-electron chi connectivity index (χ4n) is 3.15. The van der Waals surface area contributed by atoms with Crippen LogP contribution in [0.5, 0.6) is 0 Å². The van der Waals surface area contributed by atoms with Crippen LogP contribution in [0.15, 0.2) is 0 Å². The standard InChI is InChI=1S/C24H43N3O7S/c1-6-7-8-9-10-11-12-13-19(28)26-18(15-35-16-21(30)33-4)23(31)25-14-20(29)27-22(17(2)3)24(32)34-5/h17-18,22H,6-16H2,1-5H3,(H,25,31)(H,26,28)(H,27,29)/t18-,22-/m0/s1. The molecule has 0 aliphatic rings. The van der Waals surface area contributed by atoms with Gasteiger partial charge in [-0.15, -0.1) is 11.8 Å². The van der Waals surface area contributed by atoms with Crippen molar-refractivity contribution in [2.24, 2.45) is 5.92 Å². The molecule has 3 N–H and O–H groups in total. The number of rotatable bonds is 19. The molecule has 10 nitrogen and oxygen atoms in total. The Bertz CT molecular complexity index is 674. The maximum Gasteiger partial charge on any atom is 0.328 e. The molecule has 0 aromatic carbocycles. The minimum Gasteiger partial charge on any atom is -0.468 e. The monoisotopic (exact) mass is 517 g/mol. The quantitative estimate of drug-likeness (QED) is 0.174. The Morgan fingerprint density at radius 3 is 2.03 bits per heavy atom. The zero-order chi connectivity index (χ0) is 26.6. The van der Waals surface area contributed by atoms with Crippen LogP contribution in [0, 0.1) is 5.92 Å². The Kier molecular flexibility index (Phi) is 18.6. The van der Waals surface area contributed by atoms with E-state index in [-0.39, 0.29) is 29.9 Å². The predicted octanol–water partition coefficient (Wildman–Crippen LogP) is 1.95. The first-order valence-electron chi connectivity index (χ1n) is 12.2. The van der Waals surface area contributed by atoms with Gasteiger partial charge in [0.05, 0.1) is 26.5 Å². The number of methoxy groups -OCH3 is 2. The van der Waals surface area contributed by atoms with E-state index >= 15 is 0 Å². The first kappa shape index (κ1) is 32.7. The Labute approximate surface area is 213 Å². The second-order valence-electron chi connectivity index (χ2n) is 8.61. The second kappa shape index (κ2) is 19.9. The Balaban J connectivity index is 4.75. The molecule has 3 amide bonds. The van der Waals surface area contributed by atoms with Gasteiger partial charge in [0.25, 0.3) is 0 Å². The van der Waals surface area contributed by atoms with Gasteiger partial charge in [0.1, 0.15) is 12.1 Å². The van der Waals surface area contributed by atoms with Crippen LogP contribution in [0.25, 0.3) is 0 Å². The van der Waals surface area contributed by atoms with Gasteiger partial charge >= 0.3 is 11.9 Å². The average molecular weight is 518 g/mol. The summed E-state index contributed by atoms with van der Waals surface area (Å²) in [5.41, 5.74) is 0. The van der Waals surface area contributed by atoms with Crippen molar-refractivity contribution in [1.82, 2.24) is 16.0 Å². The third kappa shape index (κ3) is 16.1. The number of esters is 2. The zero-order valence-electron chi connectivity index (χ0n) is 21.8. The van der Waals surface area contributed by atoms with Crippen LogP contribution in [0.4, 0.5) is 0 Å². The number of thioether (sulfide) groups is 1. The topological polar surface area (TPSA) is 140 Å². The lowest BCUT2D eigenvalue weighted by molar-refractivity contribution is -0.146. The van der Waals surface area contributed by atoms with Crippen LogP contribution < -0.4 is 16.0 Å². The number of hydrogen-bond donors (Lipinski definition) is 3. The molecule has 0 bridgehead atoms. The lowest BCUT2D eigenvalue weighted by Gasteiger charge is -2.21. The van der Waals surface area contributed by atoms with E-state index in [1.165, 1.54) is 33.5 Å². The van der Waals surface area contributed by atoms with Gasteiger partial charge in [-0.25, -0.2) is 4.79 Å². The molecule has 0 fully saturated rings. The summed E-state index contributed by atoms with van der Waals surface area (Å²) in [6.07, 6.45) is 7.81. The van der Waals surface area contributed by atoms with Crippen LogP contribution >= 0.6 is 11.8 Å². The summed E-state index contributed by atoms with van der Waals surface area (Å²) >= 11 is 1.15. The molecule has 0 unspecified atom stereocenters. The Morgan fingerprint density at radius 1 is 0.829 bits per heavy atom. The maximum absolute atomic E-state index is 12.7. The summed E-state index contributed by atoms with van der Waals surface area (Å²) < 4.78 is 9.29. The van der Waals surface area contributed by atoms with Crippen molar-refractivity contribution in [2.45, 2.75) is 84.2 Å². The molecule has 0 saturated carbocycles. The molecule has 35 heavy (non-hydrogen) atoms. The highest BCUT2D eigenvalue weighted by Crippen LogP contribution is 2.09. The summed E-state index contributed by atoms with van der Waals surface area (Å²) in [6, 6.07) is -1.76. The predicted molar refractivity (Wildman–Crippen MR) is 136 cm³/mol. The number of nitrogens with one attached hydrogen (secondary N) is 3. The van der Waals surface area contributed by atoms with Crippen molar-refractivity contribution in [3.63, 3.8) is 0 Å². The van der Waals surface area contributed by atoms with Gasteiger partial charge in [-0.1, -0.05) is 59.3 Å². The summed E-state index contributed by atoms with van der Waals surface area (Å²) in [4.78, 5) is 60.5. The molecule has 0 saturated heterocycles. The molecular weight excluding hydrogens is 474 g/mol. The van der Waals surface area contributed by atoms with Gasteiger partial charge in [0, 0.05) is 12.2 Å². The minimum atomic E-state index is -0.920. The molecule has 0 rings (SSSR count). The fourth-order valence-corrected chi connectivity index (χ4v) is 4.02. The van der Waals surface area contributed by atoms with Crippen LogP contribution in [0.1, 0.15) is 72.1 Å². The van der Waals surface area contributed by atoms with Gasteiger partial charge < -0.3 is 25.4 Å². The van der Waals surface area contributed by atoms with E-state index < -0.39 is 35.8 Å². The lowest BCUT2D eigenvalue weighted by Crippen LogP contribution is -2.52. The van der Waals surface area contributed by atoms with E-state index in [1.54, 1.807) is 13.8 Å². The molecule has 2 atom stereocenters. The largest absolute Gasteiger partial charge is 0.468 e. The maximum atomic E-state index is 12.7. The van der Waals surface area contributed by atoms with Crippen molar-refractivity contribution in [2.75, 3.05) is 32.3 Å². The molecule has 0 radical (unpaired) electrons. The normalized spacial score (nSPS) is 12.4. The van der Waals surface area contributed by atoms with Crippen molar-refractivity contribution in [1.29, 1.82) is 0 Å². The number of unbranched alkanes of at least 4 members (excludes halogenated alkanes) is 6. The second-order valence-corrected chi connectivity index (χ2v) is 9.64. The van der Waals surface area contributed by atoms with Gasteiger partial charge in [0.2, 0.25) is 17.7 Å². The number of carbonyl (C=O) groups is 5. The average Bonchev–Trinajstić information content (AvgIpc) is 2.83. The van der Waals surface area contributed by atoms with Crippen molar-refractivity contribution < 1.29 is 33.4 Å². The van der Waals surface area contributed by atoms with Crippen LogP contribution in [0.2, 0.25) is 0 Å². The molecule has 0 aliphatic carbocycles. The highest BCUT2D eigenvalue weighted by Gasteiger charge is 2.26. The molecular formula is C24H43N3O7S. The highest BCUT2D eigenvalue weighted by molar-refractivity contribution is 8.00. The van der Waals surface area contributed by atoms with E-state index in [0.717, 1.165) is 37.4 Å². The van der Waals surface area contributed by atoms with Gasteiger partial charge in [-0.05, 0) is 12.3 Å². The van der Waals surface area contributed by atoms with Crippen molar-refractivity contribution in [3.05, 3.63) is 0 Å².